The monoisotopic (exact) mass is 508 g/mol. The van der Waals surface area contributed by atoms with Crippen molar-refractivity contribution in [3.8, 4) is 0 Å². The number of carbonyl (C=O) groups is 2. The van der Waals surface area contributed by atoms with E-state index in [0.717, 1.165) is 58.3 Å². The fourth-order valence-corrected chi connectivity index (χ4v) is 1.97. The Morgan fingerprint density at radius 2 is 1.18 bits per heavy atom. The van der Waals surface area contributed by atoms with Gasteiger partial charge in [0.2, 0.25) is 0 Å². The van der Waals surface area contributed by atoms with Crippen molar-refractivity contribution >= 4 is 35.8 Å². The third-order valence-corrected chi connectivity index (χ3v) is 4.17. The van der Waals surface area contributed by atoms with Gasteiger partial charge in [-0.25, -0.2) is 0 Å². The van der Waals surface area contributed by atoms with Gasteiger partial charge in [-0.3, -0.25) is 0 Å². The summed E-state index contributed by atoms with van der Waals surface area (Å²) in [5.41, 5.74) is 0. The van der Waals surface area contributed by atoms with Crippen LogP contribution in [-0.2, 0) is 19.1 Å². The van der Waals surface area contributed by atoms with Gasteiger partial charge in [0, 0.05) is 11.9 Å². The maximum absolute atomic E-state index is 10.3. The summed E-state index contributed by atoms with van der Waals surface area (Å²) in [6.07, 6.45) is 7.63. The van der Waals surface area contributed by atoms with Gasteiger partial charge in [0.25, 0.3) is 0 Å². The number of aliphatic carboxylic acids is 2. The van der Waals surface area contributed by atoms with Crippen LogP contribution in [-0.4, -0.2) is 61.8 Å². The number of carbonyl (C=O) groups excluding carboxylic acids is 2. The summed E-state index contributed by atoms with van der Waals surface area (Å²) in [5, 5.41) is 20.7. The fraction of sp³-hybridized carbons (Fsp3) is 0.905. The predicted molar refractivity (Wildman–Crippen MR) is 109 cm³/mol. The molecule has 0 aromatic rings. The van der Waals surface area contributed by atoms with Crippen molar-refractivity contribution in [2.24, 2.45) is 11.8 Å². The fourth-order valence-electron chi connectivity index (χ4n) is 1.97. The molecule has 0 aliphatic carbocycles. The van der Waals surface area contributed by atoms with Crippen LogP contribution in [0, 0.1) is 11.8 Å². The summed E-state index contributed by atoms with van der Waals surface area (Å²) in [6, 6.07) is 0. The summed E-state index contributed by atoms with van der Waals surface area (Å²) in [4.78, 5) is 20.7. The van der Waals surface area contributed by atoms with E-state index >= 15 is 0 Å². The van der Waals surface area contributed by atoms with Crippen LogP contribution in [0.5, 0.6) is 0 Å². The van der Waals surface area contributed by atoms with Crippen LogP contribution in [0.3, 0.4) is 0 Å². The van der Waals surface area contributed by atoms with Gasteiger partial charge in [-0.05, 0) is 44.4 Å². The zero-order valence-electron chi connectivity index (χ0n) is 18.5. The number of rotatable bonds is 10. The van der Waals surface area contributed by atoms with E-state index in [0.29, 0.717) is 18.9 Å². The van der Waals surface area contributed by atoms with Crippen molar-refractivity contribution in [1.82, 2.24) is 0 Å². The second kappa shape index (κ2) is 22.9. The maximum atomic E-state index is 10.3. The minimum absolute atomic E-state index is 0. The maximum Gasteiger partial charge on any atom is 2.00 e. The Labute approximate surface area is 188 Å². The van der Waals surface area contributed by atoms with E-state index in [1.807, 2.05) is 13.8 Å². The van der Waals surface area contributed by atoms with Gasteiger partial charge in [-0.1, -0.05) is 53.4 Å². The second-order valence-electron chi connectivity index (χ2n) is 6.89. The zero-order valence-corrected chi connectivity index (χ0v) is 21.3. The van der Waals surface area contributed by atoms with Crippen molar-refractivity contribution in [2.75, 3.05) is 19.8 Å². The number of carboxylic acid groups (broad SMARTS) is 2. The van der Waals surface area contributed by atoms with Crippen molar-refractivity contribution in [3.05, 3.63) is 0 Å². The first kappa shape index (κ1) is 32.3. The van der Waals surface area contributed by atoms with E-state index in [-0.39, 0.29) is 35.7 Å². The molecule has 7 heteroatoms. The summed E-state index contributed by atoms with van der Waals surface area (Å²) >= 11 is 0. The minimum Gasteiger partial charge on any atom is -0.550 e. The van der Waals surface area contributed by atoms with E-state index in [2.05, 4.69) is 25.5 Å². The summed E-state index contributed by atoms with van der Waals surface area (Å²) in [7, 11) is 0. The third kappa shape index (κ3) is 27.9. The molecule has 0 spiro atoms. The quantitative estimate of drug-likeness (QED) is 0.331. The second-order valence-corrected chi connectivity index (χ2v) is 6.89. The summed E-state index contributed by atoms with van der Waals surface area (Å²) in [6.45, 7) is 12.9. The van der Waals surface area contributed by atoms with Crippen molar-refractivity contribution < 1.29 is 29.3 Å². The third-order valence-electron chi connectivity index (χ3n) is 4.17. The van der Waals surface area contributed by atoms with Gasteiger partial charge in [0.15, 0.2) is 0 Å². The molecule has 2 heterocycles. The van der Waals surface area contributed by atoms with Gasteiger partial charge >= 0.3 is 23.9 Å². The van der Waals surface area contributed by atoms with Crippen molar-refractivity contribution in [1.29, 1.82) is 0 Å². The zero-order chi connectivity index (χ0) is 21.1. The topological polar surface area (TPSA) is 105 Å². The normalized spacial score (nSPS) is 17.5. The summed E-state index contributed by atoms with van der Waals surface area (Å²) in [5.74, 6) is -2.23. The Balaban J connectivity index is -0.000000322. The average molecular weight is 507 g/mol. The molecule has 3 unspecified atom stereocenters. The molecule has 164 valence electrons. The Morgan fingerprint density at radius 1 is 0.893 bits per heavy atom. The molecule has 2 radical (unpaired) electrons. The smallest absolute Gasteiger partial charge is 0.550 e. The molecule has 6 nitrogen and oxygen atoms in total. The molecule has 0 amide bonds. The largest absolute Gasteiger partial charge is 2.00 e. The van der Waals surface area contributed by atoms with Crippen LogP contribution < -0.4 is 10.2 Å². The molecule has 0 aromatic carbocycles. The van der Waals surface area contributed by atoms with Crippen molar-refractivity contribution in [3.63, 3.8) is 0 Å². The van der Waals surface area contributed by atoms with E-state index < -0.39 is 11.9 Å². The molecule has 28 heavy (non-hydrogen) atoms. The van der Waals surface area contributed by atoms with Crippen LogP contribution in [0.15, 0.2) is 0 Å². The molecule has 2 fully saturated rings. The van der Waals surface area contributed by atoms with Crippen molar-refractivity contribution in [2.45, 2.75) is 92.1 Å². The first-order chi connectivity index (χ1) is 12.8. The first-order valence-electron chi connectivity index (χ1n) is 10.4. The molecule has 0 saturated carbocycles. The number of unbranched alkanes of at least 4 members (excludes halogenated alkanes) is 2. The predicted octanol–water partition coefficient (Wildman–Crippen LogP) is 1.95. The molecule has 2 rings (SSSR count). The van der Waals surface area contributed by atoms with Crippen LogP contribution in [0.4, 0.5) is 0 Å². The Kier molecular flexibility index (Phi) is 26.5. The Hall–Kier alpha value is -0.341. The molecule has 2 aliphatic heterocycles. The van der Waals surface area contributed by atoms with Crippen LogP contribution >= 0.6 is 0 Å². The van der Waals surface area contributed by atoms with E-state index in [4.69, 9.17) is 4.74 Å². The molecule has 0 bridgehead atoms. The number of ether oxygens (including phenoxy) is 2. The van der Waals surface area contributed by atoms with Gasteiger partial charge in [-0.15, -0.1) is 0 Å². The molecule has 2 aliphatic rings. The van der Waals surface area contributed by atoms with Gasteiger partial charge < -0.3 is 29.3 Å². The Bertz CT molecular complexity index is 330. The van der Waals surface area contributed by atoms with Gasteiger partial charge in [-0.2, -0.15) is 0 Å². The number of carboxylic acids is 2. The number of hydrogen-bond donors (Lipinski definition) is 0. The van der Waals surface area contributed by atoms with E-state index in [1.165, 1.54) is 0 Å². The summed E-state index contributed by atoms with van der Waals surface area (Å²) < 4.78 is 9.21. The molecular formula is C21H40O6Sn. The molecular weight excluding hydrogens is 467 g/mol. The van der Waals surface area contributed by atoms with Gasteiger partial charge in [0.1, 0.15) is 0 Å². The first-order valence-corrected chi connectivity index (χ1v) is 10.4. The van der Waals surface area contributed by atoms with Crippen LogP contribution in [0.2, 0.25) is 0 Å². The molecule has 2 saturated heterocycles. The van der Waals surface area contributed by atoms with Crippen LogP contribution in [0.25, 0.3) is 0 Å². The molecule has 0 aromatic heterocycles. The molecule has 3 atom stereocenters. The Morgan fingerprint density at radius 3 is 1.29 bits per heavy atom. The standard InChI is InChI=1S/2C8H16O2.C3H6O.C2H4O.Sn/c2*1-3-5-6-7(4-2)8(9)10;1-3-2-4-3;1-2-3-1;/h2*7H,3-6H2,1-2H3,(H,9,10);3H,2H2,1H3;1-2H2;/q;;;;+2/p-2. The van der Waals surface area contributed by atoms with E-state index in [1.54, 1.807) is 0 Å². The minimum atomic E-state index is -0.893. The number of epoxide rings is 2. The van der Waals surface area contributed by atoms with E-state index in [9.17, 15) is 19.8 Å². The average Bonchev–Trinajstić information content (AvgIpc) is 3.52. The van der Waals surface area contributed by atoms with Gasteiger partial charge in [0.05, 0.1) is 25.9 Å². The number of hydrogen-bond acceptors (Lipinski definition) is 6. The SMILES string of the molecule is C1CO1.CC1CO1.CCCCC(CC)C(=O)[O-].CCCCC(CC)C(=O)[O-].[Sn+2]. The molecule has 0 N–H and O–H groups in total. The van der Waals surface area contributed by atoms with Crippen LogP contribution in [0.1, 0.15) is 86.0 Å².